The van der Waals surface area contributed by atoms with Gasteiger partial charge in [-0.15, -0.1) is 0 Å². The Balaban J connectivity index is 2.31. The van der Waals surface area contributed by atoms with Crippen molar-refractivity contribution in [2.75, 3.05) is 14.2 Å². The summed E-state index contributed by atoms with van der Waals surface area (Å²) in [4.78, 5) is 17.6. The Morgan fingerprint density at radius 2 is 2.00 bits per heavy atom. The fourth-order valence-electron chi connectivity index (χ4n) is 2.10. The van der Waals surface area contributed by atoms with Crippen LogP contribution in [0.5, 0.6) is 5.88 Å². The molecule has 0 saturated carbocycles. The van der Waals surface area contributed by atoms with Crippen molar-refractivity contribution in [2.24, 2.45) is 0 Å². The molecule has 1 atom stereocenters. The van der Waals surface area contributed by atoms with Gasteiger partial charge in [0.05, 0.1) is 19.3 Å². The van der Waals surface area contributed by atoms with E-state index >= 15 is 0 Å². The Hall–Kier alpha value is -2.50. The number of rotatable bonds is 4. The van der Waals surface area contributed by atoms with Crippen LogP contribution in [0.2, 0.25) is 0 Å². The molecule has 0 saturated heterocycles. The van der Waals surface area contributed by atoms with Crippen molar-refractivity contribution >= 4 is 5.91 Å². The number of carbonyl (C=O) groups is 1. The van der Waals surface area contributed by atoms with Gasteiger partial charge >= 0.3 is 0 Å². The summed E-state index contributed by atoms with van der Waals surface area (Å²) in [7, 11) is 2.91. The van der Waals surface area contributed by atoms with Gasteiger partial charge in [0, 0.05) is 7.05 Å². The van der Waals surface area contributed by atoms with Crippen LogP contribution in [0.3, 0.4) is 0 Å². The SMILES string of the molecule is COc1ncc(F)cc1C(=O)N(C)[C@H](C)c1cccc(F)c1. The summed E-state index contributed by atoms with van der Waals surface area (Å²) < 4.78 is 31.6. The van der Waals surface area contributed by atoms with Gasteiger partial charge in [0.1, 0.15) is 17.2 Å². The molecule has 0 aliphatic rings. The Morgan fingerprint density at radius 1 is 1.27 bits per heavy atom. The molecule has 22 heavy (non-hydrogen) atoms. The molecule has 116 valence electrons. The molecule has 0 aliphatic heterocycles. The van der Waals surface area contributed by atoms with E-state index in [1.165, 1.54) is 24.1 Å². The predicted octanol–water partition coefficient (Wildman–Crippen LogP) is 3.20. The first-order valence-corrected chi connectivity index (χ1v) is 6.66. The van der Waals surface area contributed by atoms with Gasteiger partial charge in [0.2, 0.25) is 5.88 Å². The molecule has 1 aromatic heterocycles. The third-order valence-corrected chi connectivity index (χ3v) is 3.47. The van der Waals surface area contributed by atoms with Crippen molar-refractivity contribution in [2.45, 2.75) is 13.0 Å². The highest BCUT2D eigenvalue weighted by atomic mass is 19.1. The molecule has 0 radical (unpaired) electrons. The van der Waals surface area contributed by atoms with Gasteiger partial charge < -0.3 is 9.64 Å². The largest absolute Gasteiger partial charge is 0.480 e. The highest BCUT2D eigenvalue weighted by molar-refractivity contribution is 5.96. The summed E-state index contributed by atoms with van der Waals surface area (Å²) in [5, 5.41) is 0. The summed E-state index contributed by atoms with van der Waals surface area (Å²) in [5.41, 5.74) is 0.660. The molecule has 6 heteroatoms. The van der Waals surface area contributed by atoms with E-state index in [-0.39, 0.29) is 17.3 Å². The number of hydrogen-bond donors (Lipinski definition) is 0. The van der Waals surface area contributed by atoms with Crippen LogP contribution in [0.25, 0.3) is 0 Å². The fourth-order valence-corrected chi connectivity index (χ4v) is 2.10. The van der Waals surface area contributed by atoms with E-state index in [4.69, 9.17) is 4.74 Å². The second-order valence-electron chi connectivity index (χ2n) is 4.86. The van der Waals surface area contributed by atoms with Crippen molar-refractivity contribution in [3.05, 3.63) is 59.3 Å². The normalized spacial score (nSPS) is 11.9. The van der Waals surface area contributed by atoms with Crippen molar-refractivity contribution in [1.29, 1.82) is 0 Å². The van der Waals surface area contributed by atoms with E-state index in [0.29, 0.717) is 5.56 Å². The average Bonchev–Trinajstić information content (AvgIpc) is 2.52. The molecule has 2 aromatic rings. The first-order valence-electron chi connectivity index (χ1n) is 6.66. The minimum absolute atomic E-state index is 0.0215. The van der Waals surface area contributed by atoms with Crippen LogP contribution >= 0.6 is 0 Å². The first-order chi connectivity index (χ1) is 10.4. The van der Waals surface area contributed by atoms with Crippen LogP contribution in [0.4, 0.5) is 8.78 Å². The molecule has 0 bridgehead atoms. The van der Waals surface area contributed by atoms with E-state index in [9.17, 15) is 13.6 Å². The Kier molecular flexibility index (Phi) is 4.70. The highest BCUT2D eigenvalue weighted by Gasteiger charge is 2.23. The topological polar surface area (TPSA) is 42.4 Å². The van der Waals surface area contributed by atoms with Gasteiger partial charge in [-0.3, -0.25) is 4.79 Å². The van der Waals surface area contributed by atoms with Gasteiger partial charge in [-0.05, 0) is 30.7 Å². The van der Waals surface area contributed by atoms with Crippen molar-refractivity contribution in [3.63, 3.8) is 0 Å². The van der Waals surface area contributed by atoms with Crippen LogP contribution < -0.4 is 4.74 Å². The van der Waals surface area contributed by atoms with Crippen LogP contribution in [0.1, 0.15) is 28.9 Å². The molecule has 2 rings (SSSR count). The number of amides is 1. The molecule has 0 aliphatic carbocycles. The molecule has 1 aromatic carbocycles. The molecule has 0 N–H and O–H groups in total. The lowest BCUT2D eigenvalue weighted by Crippen LogP contribution is -2.30. The second kappa shape index (κ2) is 6.51. The zero-order chi connectivity index (χ0) is 16.3. The fraction of sp³-hybridized carbons (Fsp3) is 0.250. The van der Waals surface area contributed by atoms with Crippen molar-refractivity contribution in [3.8, 4) is 5.88 Å². The smallest absolute Gasteiger partial charge is 0.259 e. The summed E-state index contributed by atoms with van der Waals surface area (Å²) in [5.74, 6) is -1.42. The Bertz CT molecular complexity index is 692. The van der Waals surface area contributed by atoms with Crippen LogP contribution in [-0.2, 0) is 0 Å². The number of benzene rings is 1. The Morgan fingerprint density at radius 3 is 2.64 bits per heavy atom. The summed E-state index contributed by atoms with van der Waals surface area (Å²) in [6.45, 7) is 1.76. The highest BCUT2D eigenvalue weighted by Crippen LogP contribution is 2.24. The quantitative estimate of drug-likeness (QED) is 0.871. The lowest BCUT2D eigenvalue weighted by Gasteiger charge is -2.25. The van der Waals surface area contributed by atoms with E-state index in [2.05, 4.69) is 4.98 Å². The first kappa shape index (κ1) is 15.9. The third kappa shape index (κ3) is 3.21. The Labute approximate surface area is 127 Å². The van der Waals surface area contributed by atoms with Crippen molar-refractivity contribution in [1.82, 2.24) is 9.88 Å². The van der Waals surface area contributed by atoms with Crippen molar-refractivity contribution < 1.29 is 18.3 Å². The number of halogens is 2. The molecule has 0 spiro atoms. The summed E-state index contributed by atoms with van der Waals surface area (Å²) in [6, 6.07) is 6.66. The number of ether oxygens (including phenoxy) is 1. The van der Waals surface area contributed by atoms with E-state index in [1.807, 2.05) is 0 Å². The zero-order valence-electron chi connectivity index (χ0n) is 12.5. The molecular weight excluding hydrogens is 290 g/mol. The molecule has 1 heterocycles. The number of pyridine rings is 1. The molecule has 0 fully saturated rings. The zero-order valence-corrected chi connectivity index (χ0v) is 12.5. The van der Waals surface area contributed by atoms with E-state index in [0.717, 1.165) is 12.3 Å². The summed E-state index contributed by atoms with van der Waals surface area (Å²) in [6.07, 6.45) is 0.978. The standard InChI is InChI=1S/C16H16F2N2O2/c1-10(11-5-4-6-12(17)7-11)20(2)16(21)14-8-13(18)9-19-15(14)22-3/h4-10H,1-3H3/t10-/m1/s1. The average molecular weight is 306 g/mol. The summed E-state index contributed by atoms with van der Waals surface area (Å²) >= 11 is 0. The van der Waals surface area contributed by atoms with Gasteiger partial charge in [-0.2, -0.15) is 0 Å². The number of methoxy groups -OCH3 is 1. The minimum atomic E-state index is -0.629. The number of nitrogens with zero attached hydrogens (tertiary/aromatic N) is 2. The monoisotopic (exact) mass is 306 g/mol. The maximum absolute atomic E-state index is 13.3. The molecule has 4 nitrogen and oxygen atoms in total. The van der Waals surface area contributed by atoms with Gasteiger partial charge in [-0.25, -0.2) is 13.8 Å². The van der Waals surface area contributed by atoms with E-state index < -0.39 is 17.8 Å². The van der Waals surface area contributed by atoms with Gasteiger partial charge in [-0.1, -0.05) is 12.1 Å². The van der Waals surface area contributed by atoms with Crippen LogP contribution in [0.15, 0.2) is 36.5 Å². The molecular formula is C16H16F2N2O2. The minimum Gasteiger partial charge on any atom is -0.480 e. The predicted molar refractivity (Wildman–Crippen MR) is 77.7 cm³/mol. The lowest BCUT2D eigenvalue weighted by atomic mass is 10.1. The van der Waals surface area contributed by atoms with Crippen LogP contribution in [0, 0.1) is 11.6 Å². The second-order valence-corrected chi connectivity index (χ2v) is 4.86. The maximum atomic E-state index is 13.3. The lowest BCUT2D eigenvalue weighted by molar-refractivity contribution is 0.0737. The third-order valence-electron chi connectivity index (χ3n) is 3.47. The van der Waals surface area contributed by atoms with Crippen LogP contribution in [-0.4, -0.2) is 29.9 Å². The number of aromatic nitrogens is 1. The maximum Gasteiger partial charge on any atom is 0.259 e. The van der Waals surface area contributed by atoms with E-state index in [1.54, 1.807) is 26.1 Å². The number of hydrogen-bond acceptors (Lipinski definition) is 3. The molecule has 1 amide bonds. The van der Waals surface area contributed by atoms with Gasteiger partial charge in [0.25, 0.3) is 5.91 Å². The number of carbonyl (C=O) groups excluding carboxylic acids is 1. The van der Waals surface area contributed by atoms with Gasteiger partial charge in [0.15, 0.2) is 0 Å². The molecule has 0 unspecified atom stereocenters.